The summed E-state index contributed by atoms with van der Waals surface area (Å²) in [6.45, 7) is 0. The Morgan fingerprint density at radius 1 is 1.54 bits per heavy atom. The molecule has 0 saturated heterocycles. The van der Waals surface area contributed by atoms with E-state index in [4.69, 9.17) is 5.26 Å². The number of hydrogen-bond acceptors (Lipinski definition) is 2. The Morgan fingerprint density at radius 2 is 2.15 bits per heavy atom. The first-order valence-electron chi connectivity index (χ1n) is 3.17. The summed E-state index contributed by atoms with van der Waals surface area (Å²) in [6.07, 6.45) is -3.18. The number of rotatable bonds is 1. The molecular weight excluding hydrogens is 185 g/mol. The van der Waals surface area contributed by atoms with Crippen molar-refractivity contribution in [3.05, 3.63) is 33.5 Å². The Kier molecular flexibility index (Phi) is 2.37. The average molecular weight is 188 g/mol. The smallest absolute Gasteiger partial charge is 0.272 e. The Bertz CT molecular complexity index is 419. The number of nitriles is 1. The van der Waals surface area contributed by atoms with Crippen LogP contribution in [0.15, 0.2) is 10.9 Å². The molecule has 0 aliphatic heterocycles. The Labute approximate surface area is 70.4 Å². The molecule has 0 aromatic carbocycles. The van der Waals surface area contributed by atoms with Crippen LogP contribution < -0.4 is 5.56 Å². The van der Waals surface area contributed by atoms with Crippen LogP contribution in [0.25, 0.3) is 0 Å². The van der Waals surface area contributed by atoms with E-state index in [1.54, 1.807) is 0 Å². The van der Waals surface area contributed by atoms with Gasteiger partial charge in [-0.2, -0.15) is 5.26 Å². The van der Waals surface area contributed by atoms with Gasteiger partial charge in [0.2, 0.25) is 0 Å². The Balaban J connectivity index is 3.43. The number of aromatic amines is 1. The summed E-state index contributed by atoms with van der Waals surface area (Å²) in [6, 6.07) is 1.99. The summed E-state index contributed by atoms with van der Waals surface area (Å²) in [5.41, 5.74) is -2.89. The number of aromatic nitrogens is 1. The highest BCUT2D eigenvalue weighted by Crippen LogP contribution is 2.17. The molecule has 1 heterocycles. The van der Waals surface area contributed by atoms with Crippen molar-refractivity contribution in [3.63, 3.8) is 0 Å². The Morgan fingerprint density at radius 3 is 2.54 bits per heavy atom. The van der Waals surface area contributed by atoms with E-state index in [2.05, 4.69) is 0 Å². The minimum atomic E-state index is -3.18. The van der Waals surface area contributed by atoms with Crippen LogP contribution in [0.3, 0.4) is 0 Å². The zero-order valence-corrected chi connectivity index (χ0v) is 6.14. The van der Waals surface area contributed by atoms with Gasteiger partial charge in [0.1, 0.15) is 23.1 Å². The third kappa shape index (κ3) is 1.69. The van der Waals surface area contributed by atoms with Crippen molar-refractivity contribution in [1.29, 1.82) is 5.26 Å². The first-order chi connectivity index (χ1) is 6.06. The Hall–Kier alpha value is -1.77. The van der Waals surface area contributed by atoms with Gasteiger partial charge < -0.3 is 4.98 Å². The van der Waals surface area contributed by atoms with Crippen molar-refractivity contribution in [3.8, 4) is 6.07 Å². The minimum Gasteiger partial charge on any atom is -0.313 e. The highest BCUT2D eigenvalue weighted by atomic mass is 19.3. The van der Waals surface area contributed by atoms with Gasteiger partial charge >= 0.3 is 0 Å². The molecule has 3 nitrogen and oxygen atoms in total. The van der Waals surface area contributed by atoms with E-state index in [1.807, 2.05) is 4.98 Å². The molecule has 0 spiro atoms. The maximum absolute atomic E-state index is 12.7. The summed E-state index contributed by atoms with van der Waals surface area (Å²) >= 11 is 0. The van der Waals surface area contributed by atoms with Gasteiger partial charge in [0, 0.05) is 6.07 Å². The number of hydrogen-bond donors (Lipinski definition) is 1. The number of halogens is 3. The summed E-state index contributed by atoms with van der Waals surface area (Å²) in [5, 5.41) is 8.24. The van der Waals surface area contributed by atoms with Crippen LogP contribution in [0.2, 0.25) is 0 Å². The van der Waals surface area contributed by atoms with Crippen LogP contribution >= 0.6 is 0 Å². The lowest BCUT2D eigenvalue weighted by Crippen LogP contribution is -2.16. The lowest BCUT2D eigenvalue weighted by atomic mass is 10.2. The summed E-state index contributed by atoms with van der Waals surface area (Å²) in [7, 11) is 0. The molecule has 0 amide bonds. The van der Waals surface area contributed by atoms with Crippen LogP contribution in [-0.4, -0.2) is 4.98 Å². The third-order valence-electron chi connectivity index (χ3n) is 1.36. The molecule has 1 aromatic heterocycles. The normalized spacial score (nSPS) is 10.1. The monoisotopic (exact) mass is 188 g/mol. The molecule has 0 aliphatic carbocycles. The quantitative estimate of drug-likeness (QED) is 0.722. The second-order valence-electron chi connectivity index (χ2n) is 2.19. The van der Waals surface area contributed by atoms with E-state index in [0.29, 0.717) is 6.07 Å². The van der Waals surface area contributed by atoms with Crippen molar-refractivity contribution in [1.82, 2.24) is 4.98 Å². The zero-order valence-electron chi connectivity index (χ0n) is 6.14. The van der Waals surface area contributed by atoms with Gasteiger partial charge in [-0.05, 0) is 0 Å². The highest BCUT2D eigenvalue weighted by Gasteiger charge is 2.18. The lowest BCUT2D eigenvalue weighted by molar-refractivity contribution is 0.144. The topological polar surface area (TPSA) is 56.6 Å². The van der Waals surface area contributed by atoms with E-state index < -0.39 is 23.4 Å². The summed E-state index contributed by atoms with van der Waals surface area (Å²) < 4.78 is 36.7. The molecule has 1 N–H and O–H groups in total. The van der Waals surface area contributed by atoms with Crippen LogP contribution in [0.4, 0.5) is 13.2 Å². The lowest BCUT2D eigenvalue weighted by Gasteiger charge is -1.99. The SMILES string of the molecule is N#Cc1cc(F)c(C(F)F)c(=O)[nH]1. The van der Waals surface area contributed by atoms with Crippen LogP contribution in [0.1, 0.15) is 17.7 Å². The van der Waals surface area contributed by atoms with Crippen molar-refractivity contribution >= 4 is 0 Å². The number of pyridine rings is 1. The summed E-state index contributed by atoms with van der Waals surface area (Å²) in [5.74, 6) is -1.37. The largest absolute Gasteiger partial charge is 0.313 e. The molecule has 0 radical (unpaired) electrons. The maximum Gasteiger partial charge on any atom is 0.272 e. The molecule has 0 saturated carbocycles. The zero-order chi connectivity index (χ0) is 10.0. The standard InChI is InChI=1S/C7H3F3N2O/c8-4-1-3(2-11)12-7(13)5(4)6(9)10/h1,6H,(H,12,13). The first kappa shape index (κ1) is 9.32. The highest BCUT2D eigenvalue weighted by molar-refractivity contribution is 5.25. The van der Waals surface area contributed by atoms with Gasteiger partial charge in [-0.15, -0.1) is 0 Å². The second-order valence-corrected chi connectivity index (χ2v) is 2.19. The molecule has 6 heteroatoms. The number of H-pyrrole nitrogens is 1. The van der Waals surface area contributed by atoms with E-state index in [9.17, 15) is 18.0 Å². The van der Waals surface area contributed by atoms with E-state index >= 15 is 0 Å². The molecule has 0 aliphatic rings. The van der Waals surface area contributed by atoms with Gasteiger partial charge in [-0.1, -0.05) is 0 Å². The van der Waals surface area contributed by atoms with E-state index in [-0.39, 0.29) is 5.69 Å². The number of alkyl halides is 2. The van der Waals surface area contributed by atoms with E-state index in [1.165, 1.54) is 6.07 Å². The van der Waals surface area contributed by atoms with Gasteiger partial charge in [0.25, 0.3) is 12.0 Å². The molecule has 0 bridgehead atoms. The maximum atomic E-state index is 12.7. The molecule has 1 aromatic rings. The summed E-state index contributed by atoms with van der Waals surface area (Å²) in [4.78, 5) is 12.5. The second kappa shape index (κ2) is 3.31. The van der Waals surface area contributed by atoms with Gasteiger partial charge in [0.05, 0.1) is 0 Å². The van der Waals surface area contributed by atoms with Crippen molar-refractivity contribution in [2.75, 3.05) is 0 Å². The molecular formula is C7H3F3N2O. The van der Waals surface area contributed by atoms with Gasteiger partial charge in [0.15, 0.2) is 0 Å². The first-order valence-corrected chi connectivity index (χ1v) is 3.17. The minimum absolute atomic E-state index is 0.382. The molecule has 13 heavy (non-hydrogen) atoms. The van der Waals surface area contributed by atoms with Crippen molar-refractivity contribution in [2.45, 2.75) is 6.43 Å². The van der Waals surface area contributed by atoms with Gasteiger partial charge in [-0.3, -0.25) is 4.79 Å². The fraction of sp³-hybridized carbons (Fsp3) is 0.143. The molecule has 0 atom stereocenters. The predicted octanol–water partition coefficient (Wildman–Crippen LogP) is 1.32. The predicted molar refractivity (Wildman–Crippen MR) is 36.7 cm³/mol. The van der Waals surface area contributed by atoms with Crippen LogP contribution in [0.5, 0.6) is 0 Å². The molecule has 68 valence electrons. The molecule has 0 unspecified atom stereocenters. The third-order valence-corrected chi connectivity index (χ3v) is 1.36. The fourth-order valence-electron chi connectivity index (χ4n) is 0.802. The average Bonchev–Trinajstić information content (AvgIpc) is 2.02. The van der Waals surface area contributed by atoms with Gasteiger partial charge in [-0.25, -0.2) is 13.2 Å². The number of nitrogens with one attached hydrogen (secondary N) is 1. The number of nitrogens with zero attached hydrogens (tertiary/aromatic N) is 1. The van der Waals surface area contributed by atoms with Crippen molar-refractivity contribution < 1.29 is 13.2 Å². The van der Waals surface area contributed by atoms with Crippen LogP contribution in [-0.2, 0) is 0 Å². The fourth-order valence-corrected chi connectivity index (χ4v) is 0.802. The van der Waals surface area contributed by atoms with E-state index in [0.717, 1.165) is 0 Å². The van der Waals surface area contributed by atoms with Crippen molar-refractivity contribution in [2.24, 2.45) is 0 Å². The molecule has 0 fully saturated rings. The molecule has 1 rings (SSSR count). The van der Waals surface area contributed by atoms with Crippen LogP contribution in [0, 0.1) is 17.1 Å².